The first-order chi connectivity index (χ1) is 14.8. The highest BCUT2D eigenvalue weighted by atomic mass is 16.6. The lowest BCUT2D eigenvalue weighted by Gasteiger charge is -2.20. The second-order valence-electron chi connectivity index (χ2n) is 7.30. The summed E-state index contributed by atoms with van der Waals surface area (Å²) in [7, 11) is 0. The average Bonchev–Trinajstić information content (AvgIpc) is 3.32. The molecule has 1 N–H and O–H groups in total. The average molecular weight is 402 g/mol. The number of hydrogen-bond donors (Lipinski definition) is 1. The molecule has 0 atom stereocenters. The lowest BCUT2D eigenvalue weighted by atomic mass is 10.2. The number of nitrogens with zero attached hydrogens (tertiary/aromatic N) is 3. The SMILES string of the molecule is O=C(C=Cc1ccc2c(c1)OCCO2)Nc1nc2ccccc2nc1N1CCCC1. The lowest BCUT2D eigenvalue weighted by molar-refractivity contribution is -0.111. The third kappa shape index (κ3) is 3.78. The van der Waals surface area contributed by atoms with E-state index < -0.39 is 0 Å². The number of amides is 1. The summed E-state index contributed by atoms with van der Waals surface area (Å²) in [6, 6.07) is 13.3. The molecule has 1 fully saturated rings. The number of fused-ring (bicyclic) bond motifs is 2. The van der Waals surface area contributed by atoms with Crippen LogP contribution in [0.3, 0.4) is 0 Å². The van der Waals surface area contributed by atoms with Gasteiger partial charge in [-0.25, -0.2) is 9.97 Å². The molecule has 152 valence electrons. The van der Waals surface area contributed by atoms with Gasteiger partial charge in [-0.15, -0.1) is 0 Å². The van der Waals surface area contributed by atoms with Crippen molar-refractivity contribution in [3.8, 4) is 11.5 Å². The zero-order valence-electron chi connectivity index (χ0n) is 16.5. The molecule has 30 heavy (non-hydrogen) atoms. The number of nitrogens with one attached hydrogen (secondary N) is 1. The number of carbonyl (C=O) groups excluding carboxylic acids is 1. The summed E-state index contributed by atoms with van der Waals surface area (Å²) in [6.45, 7) is 2.92. The van der Waals surface area contributed by atoms with Crippen LogP contribution in [-0.2, 0) is 4.79 Å². The molecule has 3 heterocycles. The van der Waals surface area contributed by atoms with Crippen LogP contribution in [0, 0.1) is 0 Å². The van der Waals surface area contributed by atoms with Crippen LogP contribution < -0.4 is 19.7 Å². The summed E-state index contributed by atoms with van der Waals surface area (Å²) in [5.74, 6) is 2.39. The maximum absolute atomic E-state index is 12.6. The predicted octanol–water partition coefficient (Wildman–Crippen LogP) is 3.65. The third-order valence-corrected chi connectivity index (χ3v) is 5.19. The normalized spacial score (nSPS) is 15.7. The maximum atomic E-state index is 12.6. The van der Waals surface area contributed by atoms with Crippen molar-refractivity contribution in [2.45, 2.75) is 12.8 Å². The van der Waals surface area contributed by atoms with Gasteiger partial charge in [0.15, 0.2) is 23.1 Å². The Kier molecular flexibility index (Phi) is 4.93. The second kappa shape index (κ2) is 8.02. The summed E-state index contributed by atoms with van der Waals surface area (Å²) < 4.78 is 11.1. The number of benzene rings is 2. The molecule has 0 saturated carbocycles. The molecule has 2 aliphatic rings. The van der Waals surface area contributed by atoms with Crippen LogP contribution in [0.15, 0.2) is 48.5 Å². The fourth-order valence-electron chi connectivity index (χ4n) is 3.72. The fourth-order valence-corrected chi connectivity index (χ4v) is 3.72. The molecule has 1 amide bonds. The van der Waals surface area contributed by atoms with E-state index in [9.17, 15) is 4.79 Å². The van der Waals surface area contributed by atoms with Gasteiger partial charge >= 0.3 is 0 Å². The van der Waals surface area contributed by atoms with Crippen molar-refractivity contribution in [3.63, 3.8) is 0 Å². The Balaban J connectivity index is 1.38. The Bertz CT molecular complexity index is 1120. The summed E-state index contributed by atoms with van der Waals surface area (Å²) in [5.41, 5.74) is 2.44. The van der Waals surface area contributed by atoms with Crippen molar-refractivity contribution in [2.75, 3.05) is 36.5 Å². The zero-order valence-corrected chi connectivity index (χ0v) is 16.5. The topological polar surface area (TPSA) is 76.6 Å². The van der Waals surface area contributed by atoms with Crippen molar-refractivity contribution in [1.82, 2.24) is 9.97 Å². The van der Waals surface area contributed by atoms with E-state index in [-0.39, 0.29) is 5.91 Å². The van der Waals surface area contributed by atoms with Gasteiger partial charge < -0.3 is 19.7 Å². The highest BCUT2D eigenvalue weighted by molar-refractivity contribution is 6.03. The molecular formula is C23H22N4O3. The minimum Gasteiger partial charge on any atom is -0.486 e. The number of rotatable bonds is 4. The van der Waals surface area contributed by atoms with Crippen LogP contribution in [0.5, 0.6) is 11.5 Å². The van der Waals surface area contributed by atoms with E-state index >= 15 is 0 Å². The molecule has 2 aliphatic heterocycles. The van der Waals surface area contributed by atoms with Gasteiger partial charge in [-0.1, -0.05) is 18.2 Å². The van der Waals surface area contributed by atoms with E-state index in [2.05, 4.69) is 15.2 Å². The molecule has 0 aliphatic carbocycles. The third-order valence-electron chi connectivity index (χ3n) is 5.19. The first-order valence-corrected chi connectivity index (χ1v) is 10.2. The van der Waals surface area contributed by atoms with Gasteiger partial charge in [-0.05, 0) is 48.7 Å². The van der Waals surface area contributed by atoms with E-state index in [4.69, 9.17) is 14.5 Å². The number of aromatic nitrogens is 2. The largest absolute Gasteiger partial charge is 0.486 e. The monoisotopic (exact) mass is 402 g/mol. The van der Waals surface area contributed by atoms with Crippen LogP contribution in [0.25, 0.3) is 17.1 Å². The maximum Gasteiger partial charge on any atom is 0.249 e. The summed E-state index contributed by atoms with van der Waals surface area (Å²) in [6.07, 6.45) is 5.48. The van der Waals surface area contributed by atoms with E-state index in [0.717, 1.165) is 54.1 Å². The zero-order chi connectivity index (χ0) is 20.3. The Morgan fingerprint density at radius 2 is 1.70 bits per heavy atom. The minimum atomic E-state index is -0.255. The molecule has 7 heteroatoms. The molecule has 3 aromatic rings. The molecule has 0 bridgehead atoms. The lowest BCUT2D eigenvalue weighted by Crippen LogP contribution is -2.22. The van der Waals surface area contributed by atoms with Crippen molar-refractivity contribution < 1.29 is 14.3 Å². The molecule has 0 spiro atoms. The molecular weight excluding hydrogens is 380 g/mol. The standard InChI is InChI=1S/C23H22N4O3/c28-21(10-8-16-7-9-19-20(15-16)30-14-13-29-19)26-22-23(27-11-3-4-12-27)25-18-6-2-1-5-17(18)24-22/h1-2,5-10,15H,3-4,11-14H2,(H,24,26,28). The first kappa shape index (κ1) is 18.4. The van der Waals surface area contributed by atoms with Gasteiger partial charge in [-0.2, -0.15) is 0 Å². The van der Waals surface area contributed by atoms with Gasteiger partial charge in [0.05, 0.1) is 11.0 Å². The summed E-state index contributed by atoms with van der Waals surface area (Å²) in [4.78, 5) is 24.3. The van der Waals surface area contributed by atoms with Crippen molar-refractivity contribution in [2.24, 2.45) is 0 Å². The predicted molar refractivity (Wildman–Crippen MR) is 116 cm³/mol. The van der Waals surface area contributed by atoms with Gasteiger partial charge in [0.25, 0.3) is 0 Å². The fraction of sp³-hybridized carbons (Fsp3) is 0.261. The van der Waals surface area contributed by atoms with Crippen LogP contribution in [0.4, 0.5) is 11.6 Å². The van der Waals surface area contributed by atoms with E-state index in [0.29, 0.717) is 24.8 Å². The quantitative estimate of drug-likeness (QED) is 0.672. The second-order valence-corrected chi connectivity index (χ2v) is 7.30. The molecule has 0 unspecified atom stereocenters. The number of hydrogen-bond acceptors (Lipinski definition) is 6. The van der Waals surface area contributed by atoms with E-state index in [1.54, 1.807) is 6.08 Å². The molecule has 2 aromatic carbocycles. The number of anilines is 2. The van der Waals surface area contributed by atoms with Crippen LogP contribution >= 0.6 is 0 Å². The number of para-hydroxylation sites is 2. The van der Waals surface area contributed by atoms with E-state index in [1.165, 1.54) is 6.08 Å². The van der Waals surface area contributed by atoms with Crippen LogP contribution in [0.1, 0.15) is 18.4 Å². The Morgan fingerprint density at radius 1 is 0.967 bits per heavy atom. The molecule has 7 nitrogen and oxygen atoms in total. The van der Waals surface area contributed by atoms with Gasteiger partial charge in [0.2, 0.25) is 5.91 Å². The molecule has 1 saturated heterocycles. The summed E-state index contributed by atoms with van der Waals surface area (Å²) >= 11 is 0. The minimum absolute atomic E-state index is 0.255. The smallest absolute Gasteiger partial charge is 0.249 e. The van der Waals surface area contributed by atoms with Gasteiger partial charge in [0.1, 0.15) is 13.2 Å². The van der Waals surface area contributed by atoms with E-state index in [1.807, 2.05) is 42.5 Å². The Hall–Kier alpha value is -3.61. The number of carbonyl (C=O) groups is 1. The highest BCUT2D eigenvalue weighted by Crippen LogP contribution is 2.31. The van der Waals surface area contributed by atoms with Crippen LogP contribution in [-0.4, -0.2) is 42.2 Å². The molecule has 1 aromatic heterocycles. The molecule has 0 radical (unpaired) electrons. The van der Waals surface area contributed by atoms with Gasteiger partial charge in [-0.3, -0.25) is 4.79 Å². The Morgan fingerprint density at radius 3 is 2.50 bits per heavy atom. The van der Waals surface area contributed by atoms with Crippen molar-refractivity contribution in [1.29, 1.82) is 0 Å². The highest BCUT2D eigenvalue weighted by Gasteiger charge is 2.20. The number of ether oxygens (including phenoxy) is 2. The van der Waals surface area contributed by atoms with Crippen molar-refractivity contribution >= 4 is 34.7 Å². The molecule has 5 rings (SSSR count). The van der Waals surface area contributed by atoms with Crippen molar-refractivity contribution in [3.05, 3.63) is 54.1 Å². The van der Waals surface area contributed by atoms with Crippen LogP contribution in [0.2, 0.25) is 0 Å². The van der Waals surface area contributed by atoms with Gasteiger partial charge in [0, 0.05) is 19.2 Å². The Labute approximate surface area is 174 Å². The first-order valence-electron chi connectivity index (χ1n) is 10.2. The summed E-state index contributed by atoms with van der Waals surface area (Å²) in [5, 5.41) is 2.92.